The van der Waals surface area contributed by atoms with Gasteiger partial charge in [0.1, 0.15) is 5.76 Å². The normalized spacial score (nSPS) is 17.6. The van der Waals surface area contributed by atoms with Crippen LogP contribution in [0.1, 0.15) is 0 Å². The van der Waals surface area contributed by atoms with E-state index >= 15 is 0 Å². The Labute approximate surface area is 47.9 Å². The largest absolute Gasteiger partial charge is 0.506 e. The van der Waals surface area contributed by atoms with Crippen molar-refractivity contribution in [1.82, 2.24) is 10.4 Å². The Hall–Kier alpha value is -1.12. The van der Waals surface area contributed by atoms with Crippen molar-refractivity contribution in [2.75, 3.05) is 7.05 Å². The monoisotopic (exact) mass is 112 g/mol. The van der Waals surface area contributed by atoms with Gasteiger partial charge in [0, 0.05) is 13.2 Å². The first-order valence-electron chi connectivity index (χ1n) is 2.35. The van der Waals surface area contributed by atoms with E-state index in [1.54, 1.807) is 30.5 Å². The molecule has 8 heavy (non-hydrogen) atoms. The zero-order valence-corrected chi connectivity index (χ0v) is 4.63. The second-order valence-corrected chi connectivity index (χ2v) is 1.63. The van der Waals surface area contributed by atoms with E-state index in [0.717, 1.165) is 0 Å². The highest BCUT2D eigenvalue weighted by molar-refractivity contribution is 5.11. The summed E-state index contributed by atoms with van der Waals surface area (Å²) in [6, 6.07) is 0. The molecule has 0 aromatic carbocycles. The summed E-state index contributed by atoms with van der Waals surface area (Å²) < 4.78 is 0. The zero-order chi connectivity index (χ0) is 5.98. The van der Waals surface area contributed by atoms with Crippen molar-refractivity contribution in [2.45, 2.75) is 0 Å². The van der Waals surface area contributed by atoms with Crippen LogP contribution in [-0.4, -0.2) is 17.2 Å². The number of allylic oxidation sites excluding steroid dienone is 1. The van der Waals surface area contributed by atoms with Crippen LogP contribution in [0, 0.1) is 0 Å². The zero-order valence-electron chi connectivity index (χ0n) is 4.63. The number of hydrogen-bond donors (Lipinski definition) is 2. The van der Waals surface area contributed by atoms with Crippen LogP contribution < -0.4 is 5.43 Å². The maximum Gasteiger partial charge on any atom is 0.134 e. The molecule has 0 bridgehead atoms. The fourth-order valence-corrected chi connectivity index (χ4v) is 0.519. The molecule has 3 nitrogen and oxygen atoms in total. The molecule has 0 amide bonds. The molecule has 2 N–H and O–H groups in total. The van der Waals surface area contributed by atoms with Gasteiger partial charge >= 0.3 is 0 Å². The van der Waals surface area contributed by atoms with Crippen LogP contribution >= 0.6 is 0 Å². The fraction of sp³-hybridized carbons (Fsp3) is 0.200. The van der Waals surface area contributed by atoms with Crippen LogP contribution in [0.5, 0.6) is 0 Å². The maximum atomic E-state index is 8.77. The smallest absolute Gasteiger partial charge is 0.134 e. The topological polar surface area (TPSA) is 35.5 Å². The van der Waals surface area contributed by atoms with Crippen molar-refractivity contribution in [1.29, 1.82) is 0 Å². The minimum Gasteiger partial charge on any atom is -0.506 e. The minimum atomic E-state index is 0.270. The summed E-state index contributed by atoms with van der Waals surface area (Å²) in [4.78, 5) is 0. The molecule has 3 heteroatoms. The van der Waals surface area contributed by atoms with Crippen molar-refractivity contribution in [2.24, 2.45) is 0 Å². The van der Waals surface area contributed by atoms with Crippen LogP contribution in [0.4, 0.5) is 0 Å². The minimum absolute atomic E-state index is 0.270. The SMILES string of the molecule is CN1C=C(O)C=CN1. The van der Waals surface area contributed by atoms with Crippen LogP contribution in [0.25, 0.3) is 0 Å². The standard InChI is InChI=1S/C5H8N2O/c1-7-4-5(8)2-3-6-7/h2-4,6,8H,1H3. The maximum absolute atomic E-state index is 8.77. The third-order valence-electron chi connectivity index (χ3n) is 0.858. The van der Waals surface area contributed by atoms with E-state index in [4.69, 9.17) is 5.11 Å². The second kappa shape index (κ2) is 1.78. The third-order valence-corrected chi connectivity index (χ3v) is 0.858. The molecule has 0 saturated carbocycles. The van der Waals surface area contributed by atoms with E-state index in [1.807, 2.05) is 0 Å². The summed E-state index contributed by atoms with van der Waals surface area (Å²) in [5.41, 5.74) is 2.83. The highest BCUT2D eigenvalue weighted by Gasteiger charge is 1.93. The molecule has 1 aliphatic heterocycles. The Morgan fingerprint density at radius 2 is 2.50 bits per heavy atom. The molecule has 0 aromatic heterocycles. The lowest BCUT2D eigenvalue weighted by atomic mass is 10.5. The summed E-state index contributed by atoms with van der Waals surface area (Å²) >= 11 is 0. The van der Waals surface area contributed by atoms with Gasteiger partial charge < -0.3 is 10.5 Å². The van der Waals surface area contributed by atoms with Gasteiger partial charge in [-0.1, -0.05) is 0 Å². The van der Waals surface area contributed by atoms with Crippen molar-refractivity contribution in [3.8, 4) is 0 Å². The summed E-state index contributed by atoms with van der Waals surface area (Å²) in [5, 5.41) is 10.4. The second-order valence-electron chi connectivity index (χ2n) is 1.63. The van der Waals surface area contributed by atoms with Gasteiger partial charge in [-0.2, -0.15) is 0 Å². The number of aliphatic hydroxyl groups excluding tert-OH is 1. The molecular formula is C5H8N2O. The molecule has 0 atom stereocenters. The molecular weight excluding hydrogens is 104 g/mol. The highest BCUT2D eigenvalue weighted by atomic mass is 16.3. The molecule has 0 saturated heterocycles. The average Bonchev–Trinajstić information content (AvgIpc) is 1.64. The lowest BCUT2D eigenvalue weighted by Crippen LogP contribution is -2.26. The lowest BCUT2D eigenvalue weighted by Gasteiger charge is -2.16. The average molecular weight is 112 g/mol. The van der Waals surface area contributed by atoms with Gasteiger partial charge in [0.2, 0.25) is 0 Å². The van der Waals surface area contributed by atoms with Gasteiger partial charge in [0.05, 0.1) is 6.20 Å². The molecule has 1 rings (SSSR count). The van der Waals surface area contributed by atoms with E-state index in [1.165, 1.54) is 0 Å². The molecule has 44 valence electrons. The summed E-state index contributed by atoms with van der Waals surface area (Å²) in [7, 11) is 1.81. The predicted octanol–water partition coefficient (Wildman–Crippen LogP) is 0.350. The molecule has 0 unspecified atom stereocenters. The molecule has 0 fully saturated rings. The van der Waals surface area contributed by atoms with E-state index in [0.29, 0.717) is 0 Å². The van der Waals surface area contributed by atoms with Gasteiger partial charge in [0.15, 0.2) is 0 Å². The van der Waals surface area contributed by atoms with Crippen LogP contribution in [0.15, 0.2) is 24.2 Å². The van der Waals surface area contributed by atoms with E-state index < -0.39 is 0 Å². The van der Waals surface area contributed by atoms with Crippen LogP contribution in [0.3, 0.4) is 0 Å². The Balaban J connectivity index is 2.63. The molecule has 1 heterocycles. The number of hydrazine groups is 1. The van der Waals surface area contributed by atoms with Crippen molar-refractivity contribution in [3.63, 3.8) is 0 Å². The number of aliphatic hydroxyl groups is 1. The van der Waals surface area contributed by atoms with Crippen molar-refractivity contribution >= 4 is 0 Å². The summed E-state index contributed by atoms with van der Waals surface area (Å²) in [5.74, 6) is 0.270. The molecule has 0 aliphatic carbocycles. The predicted molar refractivity (Wildman–Crippen MR) is 30.8 cm³/mol. The third kappa shape index (κ3) is 0.932. The Kier molecular flexibility index (Phi) is 1.12. The van der Waals surface area contributed by atoms with Gasteiger partial charge in [-0.15, -0.1) is 0 Å². The first kappa shape index (κ1) is 5.03. The number of rotatable bonds is 0. The Bertz CT molecular complexity index is 139. The Morgan fingerprint density at radius 1 is 1.75 bits per heavy atom. The first-order chi connectivity index (χ1) is 3.79. The lowest BCUT2D eigenvalue weighted by molar-refractivity contribution is 0.335. The highest BCUT2D eigenvalue weighted by Crippen LogP contribution is 1.95. The summed E-state index contributed by atoms with van der Waals surface area (Å²) in [6.45, 7) is 0. The molecule has 0 radical (unpaired) electrons. The van der Waals surface area contributed by atoms with Gasteiger partial charge in [0.25, 0.3) is 0 Å². The number of nitrogens with one attached hydrogen (secondary N) is 1. The van der Waals surface area contributed by atoms with Gasteiger partial charge in [-0.25, -0.2) is 0 Å². The molecule has 0 aromatic rings. The first-order valence-corrected chi connectivity index (χ1v) is 2.35. The van der Waals surface area contributed by atoms with E-state index in [-0.39, 0.29) is 5.76 Å². The van der Waals surface area contributed by atoms with Gasteiger partial charge in [-0.3, -0.25) is 5.01 Å². The van der Waals surface area contributed by atoms with Crippen molar-refractivity contribution in [3.05, 3.63) is 24.2 Å². The van der Waals surface area contributed by atoms with E-state index in [9.17, 15) is 0 Å². The molecule has 1 aliphatic rings. The van der Waals surface area contributed by atoms with Gasteiger partial charge in [-0.05, 0) is 6.08 Å². The Morgan fingerprint density at radius 3 is 2.88 bits per heavy atom. The summed E-state index contributed by atoms with van der Waals surface area (Å²) in [6.07, 6.45) is 4.83. The fourth-order valence-electron chi connectivity index (χ4n) is 0.519. The van der Waals surface area contributed by atoms with Crippen molar-refractivity contribution < 1.29 is 5.11 Å². The molecule has 0 spiro atoms. The number of hydrogen-bond acceptors (Lipinski definition) is 3. The van der Waals surface area contributed by atoms with E-state index in [2.05, 4.69) is 5.43 Å². The van der Waals surface area contributed by atoms with Crippen LogP contribution in [-0.2, 0) is 0 Å². The number of nitrogens with zero attached hydrogens (tertiary/aromatic N) is 1. The quantitative estimate of drug-likeness (QED) is 0.474. The van der Waals surface area contributed by atoms with Crippen LogP contribution in [0.2, 0.25) is 0 Å².